The summed E-state index contributed by atoms with van der Waals surface area (Å²) in [5.74, 6) is 2.82. The minimum Gasteiger partial charge on any atom is -0.347 e. The van der Waals surface area contributed by atoms with E-state index in [2.05, 4.69) is 15.0 Å². The van der Waals surface area contributed by atoms with E-state index in [1.54, 1.807) is 0 Å². The van der Waals surface area contributed by atoms with Gasteiger partial charge in [0, 0.05) is 53.0 Å². The summed E-state index contributed by atoms with van der Waals surface area (Å²) in [7, 11) is 7.58. The van der Waals surface area contributed by atoms with Crippen LogP contribution in [0.2, 0.25) is 0 Å². The Morgan fingerprint density at radius 1 is 0.750 bits per heavy atom. The minimum atomic E-state index is 0. The molecule has 0 fully saturated rings. The van der Waals surface area contributed by atoms with E-state index in [0.29, 0.717) is 42.7 Å². The Labute approximate surface area is 136 Å². The molecule has 0 saturated carbocycles. The summed E-state index contributed by atoms with van der Waals surface area (Å²) < 4.78 is 0. The fraction of sp³-hybridized carbons (Fsp3) is 0.727. The first-order chi connectivity index (χ1) is 8.99. The van der Waals surface area contributed by atoms with Crippen molar-refractivity contribution in [3.8, 4) is 0 Å². The third kappa shape index (κ3) is 5.34. The molecule has 1 aromatic rings. The smallest absolute Gasteiger partial charge is 0.232 e. The minimum absolute atomic E-state index is 0. The van der Waals surface area contributed by atoms with Crippen LogP contribution >= 0.6 is 35.6 Å². The second-order valence-corrected chi connectivity index (χ2v) is 5.15. The summed E-state index contributed by atoms with van der Waals surface area (Å²) in [6.45, 7) is 1.30. The van der Waals surface area contributed by atoms with Crippen molar-refractivity contribution in [3.05, 3.63) is 0 Å². The van der Waals surface area contributed by atoms with Gasteiger partial charge in [-0.3, -0.25) is 0 Å². The third-order valence-corrected chi connectivity index (χ3v) is 2.73. The van der Waals surface area contributed by atoms with Gasteiger partial charge in [-0.05, 0) is 0 Å². The summed E-state index contributed by atoms with van der Waals surface area (Å²) in [6, 6.07) is 0. The fourth-order valence-electron chi connectivity index (χ4n) is 1.40. The molecule has 0 bridgehead atoms. The van der Waals surface area contributed by atoms with E-state index in [1.807, 2.05) is 42.9 Å². The number of halogens is 3. The summed E-state index contributed by atoms with van der Waals surface area (Å²) in [4.78, 5) is 18.9. The third-order valence-electron chi connectivity index (χ3n) is 2.39. The van der Waals surface area contributed by atoms with Gasteiger partial charge in [-0.2, -0.15) is 15.0 Å². The van der Waals surface area contributed by atoms with Crippen LogP contribution < -0.4 is 14.7 Å². The van der Waals surface area contributed by atoms with Gasteiger partial charge in [0.2, 0.25) is 17.8 Å². The lowest BCUT2D eigenvalue weighted by Gasteiger charge is -2.23. The second-order valence-electron chi connectivity index (χ2n) is 4.39. The van der Waals surface area contributed by atoms with Gasteiger partial charge in [0.05, 0.1) is 0 Å². The quantitative estimate of drug-likeness (QED) is 0.703. The van der Waals surface area contributed by atoms with Crippen LogP contribution in [0.4, 0.5) is 17.8 Å². The van der Waals surface area contributed by atoms with Crippen molar-refractivity contribution >= 4 is 53.5 Å². The first-order valence-corrected chi connectivity index (χ1v) is 7.04. The topological polar surface area (TPSA) is 48.4 Å². The second kappa shape index (κ2) is 9.26. The molecule has 0 amide bonds. The Morgan fingerprint density at radius 2 is 1.10 bits per heavy atom. The molecule has 0 atom stereocenters. The number of aromatic nitrogens is 3. The molecule has 0 aliphatic heterocycles. The van der Waals surface area contributed by atoms with Gasteiger partial charge in [-0.1, -0.05) is 0 Å². The molecule has 0 aliphatic carbocycles. The maximum Gasteiger partial charge on any atom is 0.232 e. The van der Waals surface area contributed by atoms with Gasteiger partial charge < -0.3 is 14.7 Å². The molecule has 0 aromatic carbocycles. The fourth-order valence-corrected chi connectivity index (χ4v) is 1.81. The average Bonchev–Trinajstić information content (AvgIpc) is 2.37. The number of alkyl halides is 2. The summed E-state index contributed by atoms with van der Waals surface area (Å²) >= 11 is 11.6. The maximum atomic E-state index is 5.81. The zero-order valence-electron chi connectivity index (χ0n) is 12.2. The summed E-state index contributed by atoms with van der Waals surface area (Å²) in [5.41, 5.74) is 0. The van der Waals surface area contributed by atoms with E-state index in [1.165, 1.54) is 0 Å². The molecule has 116 valence electrons. The Kier molecular flexibility index (Phi) is 8.93. The Bertz CT molecular complexity index is 369. The first-order valence-electron chi connectivity index (χ1n) is 5.97. The molecule has 0 unspecified atom stereocenters. The molecule has 1 rings (SSSR count). The molecular weight excluding hydrogens is 323 g/mol. The molecule has 9 heteroatoms. The Morgan fingerprint density at radius 3 is 1.40 bits per heavy atom. The normalized spacial score (nSPS) is 9.90. The van der Waals surface area contributed by atoms with E-state index >= 15 is 0 Å². The van der Waals surface area contributed by atoms with Crippen molar-refractivity contribution in [3.63, 3.8) is 0 Å². The SMILES string of the molecule is CN(C)c1nc(N(C)C)nc(N(CCCl)CCCl)n1.Cl. The van der Waals surface area contributed by atoms with Gasteiger partial charge in [0.1, 0.15) is 0 Å². The molecule has 1 heterocycles. The van der Waals surface area contributed by atoms with Crippen LogP contribution in [0.15, 0.2) is 0 Å². The number of hydrogen-bond acceptors (Lipinski definition) is 6. The number of rotatable bonds is 7. The van der Waals surface area contributed by atoms with Gasteiger partial charge in [0.15, 0.2) is 0 Å². The Balaban J connectivity index is 0.00000361. The molecular formula is C11H21Cl3N6. The first kappa shape index (κ1) is 19.3. The van der Waals surface area contributed by atoms with Crippen LogP contribution in [0.1, 0.15) is 0 Å². The lowest BCUT2D eigenvalue weighted by atomic mass is 10.5. The van der Waals surface area contributed by atoms with E-state index in [9.17, 15) is 0 Å². The highest BCUT2D eigenvalue weighted by molar-refractivity contribution is 6.18. The van der Waals surface area contributed by atoms with Crippen LogP contribution in [0, 0.1) is 0 Å². The van der Waals surface area contributed by atoms with E-state index in [4.69, 9.17) is 23.2 Å². The maximum absolute atomic E-state index is 5.81. The molecule has 0 spiro atoms. The van der Waals surface area contributed by atoms with Gasteiger partial charge >= 0.3 is 0 Å². The van der Waals surface area contributed by atoms with Crippen LogP contribution in [0.3, 0.4) is 0 Å². The van der Waals surface area contributed by atoms with E-state index in [-0.39, 0.29) is 12.4 Å². The highest BCUT2D eigenvalue weighted by Crippen LogP contribution is 2.16. The zero-order valence-corrected chi connectivity index (χ0v) is 14.5. The number of hydrogen-bond donors (Lipinski definition) is 0. The van der Waals surface area contributed by atoms with Crippen LogP contribution in [0.25, 0.3) is 0 Å². The highest BCUT2D eigenvalue weighted by atomic mass is 35.5. The standard InChI is InChI=1S/C11H20Cl2N6.ClH/c1-17(2)9-14-10(18(3)4)16-11(15-9)19(7-5-12)8-6-13;/h5-8H2,1-4H3;1H. The molecule has 1 aromatic heterocycles. The van der Waals surface area contributed by atoms with Crippen molar-refractivity contribution in [1.82, 2.24) is 15.0 Å². The van der Waals surface area contributed by atoms with Crippen molar-refractivity contribution in [2.24, 2.45) is 0 Å². The molecule has 20 heavy (non-hydrogen) atoms. The highest BCUT2D eigenvalue weighted by Gasteiger charge is 2.14. The van der Waals surface area contributed by atoms with Crippen LogP contribution in [0.5, 0.6) is 0 Å². The van der Waals surface area contributed by atoms with Crippen LogP contribution in [-0.4, -0.2) is 68.0 Å². The van der Waals surface area contributed by atoms with Gasteiger partial charge in [0.25, 0.3) is 0 Å². The van der Waals surface area contributed by atoms with Crippen molar-refractivity contribution < 1.29 is 0 Å². The monoisotopic (exact) mass is 342 g/mol. The summed E-state index contributed by atoms with van der Waals surface area (Å²) in [5, 5.41) is 0. The summed E-state index contributed by atoms with van der Waals surface area (Å²) in [6.07, 6.45) is 0. The van der Waals surface area contributed by atoms with Crippen molar-refractivity contribution in [1.29, 1.82) is 0 Å². The average molecular weight is 344 g/mol. The number of anilines is 3. The van der Waals surface area contributed by atoms with Gasteiger partial charge in [-0.15, -0.1) is 35.6 Å². The molecule has 0 radical (unpaired) electrons. The van der Waals surface area contributed by atoms with E-state index < -0.39 is 0 Å². The van der Waals surface area contributed by atoms with E-state index in [0.717, 1.165) is 0 Å². The Hall–Kier alpha value is -0.720. The van der Waals surface area contributed by atoms with Crippen molar-refractivity contribution in [2.75, 3.05) is 67.7 Å². The molecule has 0 aliphatic rings. The predicted octanol–water partition coefficient (Wildman–Crippen LogP) is 1.71. The molecule has 0 N–H and O–H groups in total. The van der Waals surface area contributed by atoms with Crippen molar-refractivity contribution in [2.45, 2.75) is 0 Å². The molecule has 6 nitrogen and oxygen atoms in total. The predicted molar refractivity (Wildman–Crippen MR) is 89.4 cm³/mol. The van der Waals surface area contributed by atoms with Crippen LogP contribution in [-0.2, 0) is 0 Å². The zero-order chi connectivity index (χ0) is 14.4. The lowest BCUT2D eigenvalue weighted by molar-refractivity contribution is 0.804. The molecule has 0 saturated heterocycles. The largest absolute Gasteiger partial charge is 0.347 e. The van der Waals surface area contributed by atoms with Gasteiger partial charge in [-0.25, -0.2) is 0 Å². The number of nitrogens with zero attached hydrogens (tertiary/aromatic N) is 6. The lowest BCUT2D eigenvalue weighted by Crippen LogP contribution is -2.31.